The summed E-state index contributed by atoms with van der Waals surface area (Å²) in [7, 11) is 0. The second-order valence-corrected chi connectivity index (χ2v) is 9.94. The molecule has 0 amide bonds. The summed E-state index contributed by atoms with van der Waals surface area (Å²) in [5.74, 6) is 0.606. The van der Waals surface area contributed by atoms with Crippen LogP contribution in [0.1, 0.15) is 42.0 Å². The number of fused-ring (bicyclic) bond motifs is 3. The molecule has 29 heavy (non-hydrogen) atoms. The smallest absolute Gasteiger partial charge is 0.176 e. The van der Waals surface area contributed by atoms with E-state index >= 15 is 0 Å². The molecule has 2 aliphatic carbocycles. The first-order chi connectivity index (χ1) is 14.0. The normalized spacial score (nSPS) is 30.7. The van der Waals surface area contributed by atoms with E-state index in [0.717, 1.165) is 22.9 Å². The first-order valence-corrected chi connectivity index (χ1v) is 11.0. The van der Waals surface area contributed by atoms with Gasteiger partial charge in [0.1, 0.15) is 11.4 Å². The van der Waals surface area contributed by atoms with Crippen molar-refractivity contribution >= 4 is 27.5 Å². The summed E-state index contributed by atoms with van der Waals surface area (Å²) in [6.07, 6.45) is 4.41. The molecule has 3 atom stereocenters. The third kappa shape index (κ3) is 2.25. The van der Waals surface area contributed by atoms with Gasteiger partial charge in [0, 0.05) is 22.7 Å². The lowest BCUT2D eigenvalue weighted by Gasteiger charge is -2.40. The van der Waals surface area contributed by atoms with E-state index in [4.69, 9.17) is 16.3 Å². The van der Waals surface area contributed by atoms with E-state index in [1.54, 1.807) is 12.3 Å². The Morgan fingerprint density at radius 1 is 1.07 bits per heavy atom. The maximum Gasteiger partial charge on any atom is 0.176 e. The van der Waals surface area contributed by atoms with Crippen LogP contribution in [-0.2, 0) is 11.2 Å². The Balaban J connectivity index is 1.66. The standard InChI is InChI=1S/C24H19BrClNO2/c25-17-8-6-16(7-9-17)24-20(15-4-2-1-3-5-15)22(10-11-22)14-23(24,28)21-19(29-24)12-18(26)13-27-21/h1-9,12-13,20,28H,10-11,14H2. The first-order valence-electron chi connectivity index (χ1n) is 9.87. The van der Waals surface area contributed by atoms with E-state index in [1.165, 1.54) is 5.56 Å². The number of aromatic nitrogens is 1. The quantitative estimate of drug-likeness (QED) is 0.506. The Bertz CT molecular complexity index is 1120. The van der Waals surface area contributed by atoms with Crippen molar-refractivity contribution in [3.63, 3.8) is 0 Å². The van der Waals surface area contributed by atoms with Crippen molar-refractivity contribution in [2.45, 2.75) is 36.4 Å². The second kappa shape index (κ2) is 5.84. The minimum Gasteiger partial charge on any atom is -0.476 e. The summed E-state index contributed by atoms with van der Waals surface area (Å²) in [6, 6.07) is 20.4. The fourth-order valence-corrected chi connectivity index (χ4v) is 6.23. The SMILES string of the molecule is OC12CC3(CC3)C(c3ccccc3)C1(c1ccc(Br)cc1)Oc1cc(Cl)cnc12. The first kappa shape index (κ1) is 17.9. The van der Waals surface area contributed by atoms with Gasteiger partial charge in [0.15, 0.2) is 11.2 Å². The molecule has 146 valence electrons. The monoisotopic (exact) mass is 467 g/mol. The fraction of sp³-hybridized carbons (Fsp3) is 0.292. The molecule has 2 fully saturated rings. The molecule has 5 heteroatoms. The fourth-order valence-electron chi connectivity index (χ4n) is 5.82. The average Bonchev–Trinajstić information content (AvgIpc) is 3.37. The van der Waals surface area contributed by atoms with E-state index in [-0.39, 0.29) is 11.3 Å². The predicted octanol–water partition coefficient (Wildman–Crippen LogP) is 5.94. The number of pyridine rings is 1. The number of aliphatic hydroxyl groups is 1. The van der Waals surface area contributed by atoms with Gasteiger partial charge in [-0.2, -0.15) is 0 Å². The van der Waals surface area contributed by atoms with Crippen LogP contribution >= 0.6 is 27.5 Å². The van der Waals surface area contributed by atoms with Gasteiger partial charge in [0.25, 0.3) is 0 Å². The van der Waals surface area contributed by atoms with E-state index in [1.807, 2.05) is 18.2 Å². The molecule has 1 aromatic heterocycles. The summed E-state index contributed by atoms with van der Waals surface area (Å²) in [5.41, 5.74) is 0.637. The second-order valence-electron chi connectivity index (χ2n) is 8.59. The minimum atomic E-state index is -1.21. The van der Waals surface area contributed by atoms with E-state index in [2.05, 4.69) is 57.3 Å². The molecule has 6 rings (SSSR count). The molecule has 1 N–H and O–H groups in total. The maximum atomic E-state index is 12.3. The van der Waals surface area contributed by atoms with E-state index in [9.17, 15) is 5.11 Å². The van der Waals surface area contributed by atoms with Gasteiger partial charge in [-0.25, -0.2) is 0 Å². The minimum absolute atomic E-state index is 0.0161. The van der Waals surface area contributed by atoms with Gasteiger partial charge < -0.3 is 9.84 Å². The third-order valence-corrected chi connectivity index (χ3v) is 7.76. The van der Waals surface area contributed by atoms with Gasteiger partial charge in [-0.05, 0) is 47.9 Å². The van der Waals surface area contributed by atoms with Gasteiger partial charge in [0.05, 0.1) is 5.02 Å². The zero-order valence-electron chi connectivity index (χ0n) is 15.6. The van der Waals surface area contributed by atoms with Crippen LogP contribution in [0, 0.1) is 5.41 Å². The van der Waals surface area contributed by atoms with Crippen LogP contribution in [0.3, 0.4) is 0 Å². The average molecular weight is 469 g/mol. The molecule has 1 aliphatic heterocycles. The Morgan fingerprint density at radius 2 is 1.79 bits per heavy atom. The highest BCUT2D eigenvalue weighted by atomic mass is 79.9. The molecule has 0 radical (unpaired) electrons. The lowest BCUT2D eigenvalue weighted by molar-refractivity contribution is -0.107. The van der Waals surface area contributed by atoms with Crippen molar-refractivity contribution in [2.75, 3.05) is 0 Å². The summed E-state index contributed by atoms with van der Waals surface area (Å²) in [6.45, 7) is 0. The van der Waals surface area contributed by atoms with Crippen molar-refractivity contribution in [3.8, 4) is 5.75 Å². The molecule has 3 aliphatic rings. The summed E-state index contributed by atoms with van der Waals surface area (Å²) >= 11 is 9.77. The number of ether oxygens (including phenoxy) is 1. The highest BCUT2D eigenvalue weighted by molar-refractivity contribution is 9.10. The number of hydrogen-bond acceptors (Lipinski definition) is 3. The van der Waals surface area contributed by atoms with Crippen LogP contribution in [0.15, 0.2) is 71.3 Å². The van der Waals surface area contributed by atoms with Crippen molar-refractivity contribution in [2.24, 2.45) is 5.41 Å². The number of rotatable bonds is 2. The van der Waals surface area contributed by atoms with E-state index < -0.39 is 11.2 Å². The number of benzene rings is 2. The van der Waals surface area contributed by atoms with Gasteiger partial charge in [-0.1, -0.05) is 70.0 Å². The van der Waals surface area contributed by atoms with E-state index in [0.29, 0.717) is 22.9 Å². The Labute approximate surface area is 182 Å². The van der Waals surface area contributed by atoms with Gasteiger partial charge >= 0.3 is 0 Å². The van der Waals surface area contributed by atoms with Crippen molar-refractivity contribution in [1.82, 2.24) is 4.98 Å². The van der Waals surface area contributed by atoms with Gasteiger partial charge in [0.2, 0.25) is 0 Å². The van der Waals surface area contributed by atoms with Crippen molar-refractivity contribution < 1.29 is 9.84 Å². The molecule has 3 nitrogen and oxygen atoms in total. The molecule has 2 aromatic carbocycles. The zero-order chi connectivity index (χ0) is 19.9. The van der Waals surface area contributed by atoms with Gasteiger partial charge in [-0.3, -0.25) is 4.98 Å². The number of nitrogens with zero attached hydrogens (tertiary/aromatic N) is 1. The largest absolute Gasteiger partial charge is 0.476 e. The molecule has 2 heterocycles. The molecular weight excluding hydrogens is 450 g/mol. The van der Waals surface area contributed by atoms with Crippen LogP contribution in [0.25, 0.3) is 0 Å². The molecule has 0 bridgehead atoms. The topological polar surface area (TPSA) is 42.4 Å². The predicted molar refractivity (Wildman–Crippen MR) is 115 cm³/mol. The van der Waals surface area contributed by atoms with Crippen LogP contribution in [-0.4, -0.2) is 10.1 Å². The zero-order valence-corrected chi connectivity index (χ0v) is 18.0. The molecule has 0 saturated heterocycles. The summed E-state index contributed by atoms with van der Waals surface area (Å²) in [4.78, 5) is 4.57. The van der Waals surface area contributed by atoms with Crippen LogP contribution in [0.5, 0.6) is 5.75 Å². The number of halogens is 2. The number of hydrogen-bond donors (Lipinski definition) is 1. The van der Waals surface area contributed by atoms with Crippen molar-refractivity contribution in [3.05, 3.63) is 93.2 Å². The van der Waals surface area contributed by atoms with Gasteiger partial charge in [-0.15, -0.1) is 0 Å². The summed E-state index contributed by atoms with van der Waals surface area (Å²) in [5, 5.41) is 12.8. The summed E-state index contributed by atoms with van der Waals surface area (Å²) < 4.78 is 7.75. The lowest BCUT2D eigenvalue weighted by Crippen LogP contribution is -2.48. The Kier molecular flexibility index (Phi) is 3.61. The Hall–Kier alpha value is -1.88. The van der Waals surface area contributed by atoms with Crippen LogP contribution < -0.4 is 4.74 Å². The molecule has 1 spiro atoms. The molecule has 2 saturated carbocycles. The lowest BCUT2D eigenvalue weighted by atomic mass is 9.71. The van der Waals surface area contributed by atoms with Crippen LogP contribution in [0.4, 0.5) is 0 Å². The highest BCUT2D eigenvalue weighted by Crippen LogP contribution is 2.78. The molecule has 3 aromatic rings. The maximum absolute atomic E-state index is 12.3. The van der Waals surface area contributed by atoms with Crippen LogP contribution in [0.2, 0.25) is 5.02 Å². The molecular formula is C24H19BrClNO2. The molecule has 3 unspecified atom stereocenters. The Morgan fingerprint density at radius 3 is 2.48 bits per heavy atom. The third-order valence-electron chi connectivity index (χ3n) is 7.02. The van der Waals surface area contributed by atoms with Crippen molar-refractivity contribution in [1.29, 1.82) is 0 Å². The highest BCUT2D eigenvalue weighted by Gasteiger charge is 2.79.